The molecule has 21 heavy (non-hydrogen) atoms. The molecule has 0 unspecified atom stereocenters. The van der Waals surface area contributed by atoms with Crippen LogP contribution >= 0.6 is 11.6 Å². The number of hydrogen-bond donors (Lipinski definition) is 1. The first-order valence-corrected chi connectivity index (χ1v) is 6.89. The highest BCUT2D eigenvalue weighted by Gasteiger charge is 2.20. The van der Waals surface area contributed by atoms with E-state index in [2.05, 4.69) is 4.98 Å². The number of carbonyl (C=O) groups is 2. The number of H-pyrrole nitrogens is 1. The number of aromatic amines is 1. The molecule has 0 aliphatic carbocycles. The van der Waals surface area contributed by atoms with Crippen molar-refractivity contribution in [2.24, 2.45) is 0 Å². The van der Waals surface area contributed by atoms with Crippen LogP contribution in [0.15, 0.2) is 24.3 Å². The smallest absolute Gasteiger partial charge is 0.355 e. The van der Waals surface area contributed by atoms with Gasteiger partial charge in [0.25, 0.3) is 0 Å². The number of carbonyl (C=O) groups excluding carboxylic acids is 2. The van der Waals surface area contributed by atoms with E-state index in [-0.39, 0.29) is 12.4 Å². The van der Waals surface area contributed by atoms with Crippen LogP contribution in [0.2, 0.25) is 5.02 Å². The Morgan fingerprint density at radius 3 is 2.33 bits per heavy atom. The standard InChI is InChI=1S/C16H16ClNO3/c1-9-14(11(3)19)10(2)18-15(9)16(20)21-8-12-4-6-13(17)7-5-12/h4-7,18H,8H2,1-3H3. The minimum Gasteiger partial charge on any atom is -0.456 e. The van der Waals surface area contributed by atoms with E-state index in [0.717, 1.165) is 5.56 Å². The summed E-state index contributed by atoms with van der Waals surface area (Å²) >= 11 is 5.80. The number of nitrogens with one attached hydrogen (secondary N) is 1. The molecule has 0 spiro atoms. The zero-order valence-corrected chi connectivity index (χ0v) is 12.9. The summed E-state index contributed by atoms with van der Waals surface area (Å²) in [4.78, 5) is 26.6. The van der Waals surface area contributed by atoms with Crippen LogP contribution in [0.5, 0.6) is 0 Å². The van der Waals surface area contributed by atoms with E-state index in [9.17, 15) is 9.59 Å². The van der Waals surface area contributed by atoms with Gasteiger partial charge in [0.05, 0.1) is 0 Å². The van der Waals surface area contributed by atoms with Crippen LogP contribution in [0.3, 0.4) is 0 Å². The SMILES string of the molecule is CC(=O)c1c(C)[nH]c(C(=O)OCc2ccc(Cl)cc2)c1C. The maximum absolute atomic E-state index is 12.1. The summed E-state index contributed by atoms with van der Waals surface area (Å²) in [5.41, 5.74) is 3.03. The highest BCUT2D eigenvalue weighted by molar-refractivity contribution is 6.30. The Labute approximate surface area is 128 Å². The molecule has 0 bridgehead atoms. The topological polar surface area (TPSA) is 59.2 Å². The first-order valence-electron chi connectivity index (χ1n) is 6.51. The summed E-state index contributed by atoms with van der Waals surface area (Å²) in [6.07, 6.45) is 0. The fourth-order valence-corrected chi connectivity index (χ4v) is 2.41. The lowest BCUT2D eigenvalue weighted by atomic mass is 10.1. The zero-order chi connectivity index (χ0) is 15.6. The molecule has 1 heterocycles. The van der Waals surface area contributed by atoms with Crippen molar-refractivity contribution in [3.8, 4) is 0 Å². The average Bonchev–Trinajstić information content (AvgIpc) is 2.73. The third-order valence-corrected chi connectivity index (χ3v) is 3.53. The number of rotatable bonds is 4. The minimum atomic E-state index is -0.474. The lowest BCUT2D eigenvalue weighted by Gasteiger charge is -2.05. The van der Waals surface area contributed by atoms with Crippen molar-refractivity contribution < 1.29 is 14.3 Å². The molecule has 0 atom stereocenters. The molecular weight excluding hydrogens is 290 g/mol. The van der Waals surface area contributed by atoms with Gasteiger partial charge < -0.3 is 9.72 Å². The van der Waals surface area contributed by atoms with Gasteiger partial charge in [-0.2, -0.15) is 0 Å². The predicted octanol–water partition coefficient (Wildman–Crippen LogP) is 3.84. The van der Waals surface area contributed by atoms with Gasteiger partial charge in [-0.3, -0.25) is 4.79 Å². The Balaban J connectivity index is 2.12. The quantitative estimate of drug-likeness (QED) is 0.689. The fourth-order valence-electron chi connectivity index (χ4n) is 2.28. The van der Waals surface area contributed by atoms with Crippen molar-refractivity contribution in [1.29, 1.82) is 0 Å². The molecule has 2 aromatic rings. The molecule has 1 N–H and O–H groups in total. The number of Topliss-reactive ketones (excluding diaryl/α,β-unsaturated/α-hetero) is 1. The maximum Gasteiger partial charge on any atom is 0.355 e. The second-order valence-electron chi connectivity index (χ2n) is 4.88. The highest BCUT2D eigenvalue weighted by atomic mass is 35.5. The molecule has 0 saturated heterocycles. The molecule has 1 aromatic heterocycles. The van der Waals surface area contributed by atoms with E-state index in [1.807, 2.05) is 0 Å². The Hall–Kier alpha value is -2.07. The molecule has 0 saturated carbocycles. The van der Waals surface area contributed by atoms with Crippen LogP contribution in [0, 0.1) is 13.8 Å². The van der Waals surface area contributed by atoms with Crippen LogP contribution in [0.1, 0.15) is 44.6 Å². The zero-order valence-electron chi connectivity index (χ0n) is 12.1. The van der Waals surface area contributed by atoms with E-state index in [4.69, 9.17) is 16.3 Å². The van der Waals surface area contributed by atoms with Gasteiger partial charge in [-0.05, 0) is 44.0 Å². The number of aromatic nitrogens is 1. The van der Waals surface area contributed by atoms with Crippen LogP contribution in [0.4, 0.5) is 0 Å². The Morgan fingerprint density at radius 1 is 1.19 bits per heavy atom. The molecule has 1 aromatic carbocycles. The van der Waals surface area contributed by atoms with Crippen molar-refractivity contribution in [2.75, 3.05) is 0 Å². The van der Waals surface area contributed by atoms with Gasteiger partial charge in [-0.25, -0.2) is 4.79 Å². The van der Waals surface area contributed by atoms with Crippen molar-refractivity contribution in [1.82, 2.24) is 4.98 Å². The summed E-state index contributed by atoms with van der Waals surface area (Å²) in [5, 5.41) is 0.631. The van der Waals surface area contributed by atoms with E-state index in [1.54, 1.807) is 38.1 Å². The van der Waals surface area contributed by atoms with Gasteiger partial charge in [0.15, 0.2) is 5.78 Å². The maximum atomic E-state index is 12.1. The van der Waals surface area contributed by atoms with E-state index < -0.39 is 5.97 Å². The molecular formula is C16H16ClNO3. The van der Waals surface area contributed by atoms with Crippen LogP contribution < -0.4 is 0 Å². The molecule has 0 amide bonds. The normalized spacial score (nSPS) is 10.5. The summed E-state index contributed by atoms with van der Waals surface area (Å²) in [5.74, 6) is -0.545. The summed E-state index contributed by atoms with van der Waals surface area (Å²) in [6, 6.07) is 7.07. The van der Waals surface area contributed by atoms with E-state index in [0.29, 0.717) is 27.5 Å². The molecule has 5 heteroatoms. The molecule has 110 valence electrons. The average molecular weight is 306 g/mol. The number of esters is 1. The largest absolute Gasteiger partial charge is 0.456 e. The van der Waals surface area contributed by atoms with Gasteiger partial charge >= 0.3 is 5.97 Å². The van der Waals surface area contributed by atoms with Gasteiger partial charge in [-0.15, -0.1) is 0 Å². The predicted molar refractivity (Wildman–Crippen MR) is 80.8 cm³/mol. The number of halogens is 1. The third kappa shape index (κ3) is 3.34. The van der Waals surface area contributed by atoms with Crippen molar-refractivity contribution >= 4 is 23.4 Å². The molecule has 0 fully saturated rings. The number of ether oxygens (including phenoxy) is 1. The van der Waals surface area contributed by atoms with Gasteiger partial charge in [0, 0.05) is 16.3 Å². The minimum absolute atomic E-state index is 0.0713. The Morgan fingerprint density at radius 2 is 1.81 bits per heavy atom. The number of hydrogen-bond acceptors (Lipinski definition) is 3. The first-order chi connectivity index (χ1) is 9.90. The molecule has 2 rings (SSSR count). The fraction of sp³-hybridized carbons (Fsp3) is 0.250. The second-order valence-corrected chi connectivity index (χ2v) is 5.32. The monoisotopic (exact) mass is 305 g/mol. The summed E-state index contributed by atoms with van der Waals surface area (Å²) < 4.78 is 5.26. The summed E-state index contributed by atoms with van der Waals surface area (Å²) in [7, 11) is 0. The number of ketones is 1. The Bertz CT molecular complexity index is 686. The summed E-state index contributed by atoms with van der Waals surface area (Å²) in [6.45, 7) is 5.13. The van der Waals surface area contributed by atoms with Crippen molar-refractivity contribution in [3.05, 3.63) is 57.4 Å². The first kappa shape index (κ1) is 15.3. The molecule has 4 nitrogen and oxygen atoms in total. The van der Waals surface area contributed by atoms with E-state index in [1.165, 1.54) is 6.92 Å². The van der Waals surface area contributed by atoms with Crippen LogP contribution in [-0.4, -0.2) is 16.7 Å². The molecule has 0 aliphatic heterocycles. The Kier molecular flexibility index (Phi) is 4.48. The second kappa shape index (κ2) is 6.14. The highest BCUT2D eigenvalue weighted by Crippen LogP contribution is 2.19. The van der Waals surface area contributed by atoms with Gasteiger partial charge in [-0.1, -0.05) is 23.7 Å². The van der Waals surface area contributed by atoms with Crippen LogP contribution in [-0.2, 0) is 11.3 Å². The number of aryl methyl sites for hydroxylation is 1. The lowest BCUT2D eigenvalue weighted by Crippen LogP contribution is -2.07. The van der Waals surface area contributed by atoms with Gasteiger partial charge in [0.2, 0.25) is 0 Å². The van der Waals surface area contributed by atoms with Gasteiger partial charge in [0.1, 0.15) is 12.3 Å². The van der Waals surface area contributed by atoms with Crippen LogP contribution in [0.25, 0.3) is 0 Å². The van der Waals surface area contributed by atoms with E-state index >= 15 is 0 Å². The lowest BCUT2D eigenvalue weighted by molar-refractivity contribution is 0.0465. The third-order valence-electron chi connectivity index (χ3n) is 3.28. The number of benzene rings is 1. The molecule has 0 radical (unpaired) electrons. The van der Waals surface area contributed by atoms with Crippen molar-refractivity contribution in [3.63, 3.8) is 0 Å². The molecule has 0 aliphatic rings. The van der Waals surface area contributed by atoms with Crippen molar-refractivity contribution in [2.45, 2.75) is 27.4 Å².